The van der Waals surface area contributed by atoms with E-state index in [1.807, 2.05) is 0 Å². The number of carbonyl (C=O) groups is 1. The third-order valence-corrected chi connectivity index (χ3v) is 6.55. The highest BCUT2D eigenvalue weighted by atomic mass is 19.4. The summed E-state index contributed by atoms with van der Waals surface area (Å²) in [6, 6.07) is 2.64. The summed E-state index contributed by atoms with van der Waals surface area (Å²) in [7, 11) is 0. The topological polar surface area (TPSA) is 76.5 Å². The first-order valence-electron chi connectivity index (χ1n) is 10.9. The Bertz CT molecular complexity index is 1170. The Morgan fingerprint density at radius 1 is 1.19 bits per heavy atom. The summed E-state index contributed by atoms with van der Waals surface area (Å²) >= 11 is 0. The second kappa shape index (κ2) is 7.60. The molecule has 0 spiro atoms. The number of fused-ring (bicyclic) bond motifs is 2. The van der Waals surface area contributed by atoms with Crippen LogP contribution < -0.4 is 0 Å². The predicted molar refractivity (Wildman–Crippen MR) is 108 cm³/mol. The van der Waals surface area contributed by atoms with E-state index in [1.165, 1.54) is 0 Å². The fraction of sp³-hybridized carbons (Fsp3) is 0.545. The maximum Gasteiger partial charge on any atom is 0.433 e. The number of hydrogen-bond acceptors (Lipinski definition) is 5. The maximum absolute atomic E-state index is 13.6. The van der Waals surface area contributed by atoms with Crippen LogP contribution in [0.4, 0.5) is 13.2 Å². The number of alkyl halides is 3. The van der Waals surface area contributed by atoms with E-state index in [1.54, 1.807) is 17.9 Å². The number of nitrogens with zero attached hydrogens (tertiary/aromatic N) is 5. The van der Waals surface area contributed by atoms with Crippen LogP contribution in [0.1, 0.15) is 71.0 Å². The molecule has 1 saturated heterocycles. The molecule has 10 heteroatoms. The lowest BCUT2D eigenvalue weighted by molar-refractivity contribution is -0.142. The molecule has 0 saturated carbocycles. The smallest absolute Gasteiger partial charge is 0.360 e. The monoisotopic (exact) mass is 447 g/mol. The number of aryl methyl sites for hydroxylation is 2. The van der Waals surface area contributed by atoms with E-state index < -0.39 is 11.9 Å². The lowest BCUT2D eigenvalue weighted by Gasteiger charge is -2.31. The van der Waals surface area contributed by atoms with Crippen molar-refractivity contribution in [1.82, 2.24) is 24.7 Å². The van der Waals surface area contributed by atoms with Gasteiger partial charge in [0, 0.05) is 42.8 Å². The molecule has 32 heavy (non-hydrogen) atoms. The number of carbonyl (C=O) groups excluding carboxylic acids is 1. The zero-order valence-corrected chi connectivity index (χ0v) is 17.9. The summed E-state index contributed by atoms with van der Waals surface area (Å²) in [5, 5.41) is 7.98. The molecule has 0 aromatic carbocycles. The van der Waals surface area contributed by atoms with Crippen LogP contribution in [0.15, 0.2) is 16.7 Å². The zero-order valence-electron chi connectivity index (χ0n) is 17.9. The second-order valence-electron chi connectivity index (χ2n) is 8.97. The van der Waals surface area contributed by atoms with Gasteiger partial charge in [-0.3, -0.25) is 4.79 Å². The van der Waals surface area contributed by atoms with Gasteiger partial charge in [-0.05, 0) is 44.6 Å². The van der Waals surface area contributed by atoms with Gasteiger partial charge in [-0.15, -0.1) is 0 Å². The molecule has 5 rings (SSSR count). The van der Waals surface area contributed by atoms with E-state index in [2.05, 4.69) is 22.2 Å². The Labute approximate surface area is 182 Å². The molecule has 0 bridgehead atoms. The molecule has 0 unspecified atom stereocenters. The molecule has 7 nitrogen and oxygen atoms in total. The van der Waals surface area contributed by atoms with Gasteiger partial charge in [0.25, 0.3) is 5.91 Å². The van der Waals surface area contributed by atoms with E-state index in [0.29, 0.717) is 48.9 Å². The van der Waals surface area contributed by atoms with E-state index in [0.717, 1.165) is 41.2 Å². The van der Waals surface area contributed by atoms with Crippen LogP contribution in [0.2, 0.25) is 0 Å². The normalized spacial score (nSPS) is 20.0. The standard InChI is InChI=1S/C22H24F3N5O2/c1-12-3-4-17-15(9-12)20(28-32-17)21(31)29-7-5-14(6-8-29)16-11-18(22(23,24)25)30-19(26-16)10-13(2)27-30/h10-12,14H,3-9H2,1-2H3/t12-/m1/s1. The van der Waals surface area contributed by atoms with Crippen LogP contribution in [0.5, 0.6) is 0 Å². The quantitative estimate of drug-likeness (QED) is 0.589. The summed E-state index contributed by atoms with van der Waals surface area (Å²) in [4.78, 5) is 19.2. The number of hydrogen-bond donors (Lipinski definition) is 0. The molecule has 1 aliphatic heterocycles. The van der Waals surface area contributed by atoms with Crippen LogP contribution in [0.25, 0.3) is 5.65 Å². The van der Waals surface area contributed by atoms with Crippen molar-refractivity contribution in [3.8, 4) is 0 Å². The Morgan fingerprint density at radius 3 is 2.66 bits per heavy atom. The van der Waals surface area contributed by atoms with E-state index >= 15 is 0 Å². The number of halogens is 3. The van der Waals surface area contributed by atoms with Crippen molar-refractivity contribution in [2.24, 2.45) is 5.92 Å². The predicted octanol–water partition coefficient (Wildman–Crippen LogP) is 4.19. The minimum atomic E-state index is -4.53. The van der Waals surface area contributed by atoms with Crippen LogP contribution in [0, 0.1) is 12.8 Å². The van der Waals surface area contributed by atoms with E-state index in [9.17, 15) is 18.0 Å². The molecule has 0 radical (unpaired) electrons. The SMILES string of the molecule is Cc1cc2nc(C3CCN(C(=O)c4noc5c4C[C@H](C)CC5)CC3)cc(C(F)(F)F)n2n1. The number of amides is 1. The summed E-state index contributed by atoms with van der Waals surface area (Å²) in [5.74, 6) is 0.963. The first-order chi connectivity index (χ1) is 15.2. The van der Waals surface area contributed by atoms with Gasteiger partial charge >= 0.3 is 6.18 Å². The largest absolute Gasteiger partial charge is 0.433 e. The Kier molecular flexibility index (Phi) is 4.98. The Hall–Kier alpha value is -2.91. The van der Waals surface area contributed by atoms with Crippen LogP contribution in [-0.4, -0.2) is 43.7 Å². The minimum absolute atomic E-state index is 0.159. The van der Waals surface area contributed by atoms with Crippen molar-refractivity contribution in [3.05, 3.63) is 46.2 Å². The average Bonchev–Trinajstić information content (AvgIpc) is 3.33. The molecule has 0 N–H and O–H groups in total. The summed E-state index contributed by atoms with van der Waals surface area (Å²) in [6.07, 6.45) is -0.858. The number of piperidine rings is 1. The molecule has 3 aromatic rings. The van der Waals surface area contributed by atoms with Gasteiger partial charge in [0.1, 0.15) is 11.5 Å². The van der Waals surface area contributed by atoms with Crippen molar-refractivity contribution in [3.63, 3.8) is 0 Å². The molecule has 1 fully saturated rings. The van der Waals surface area contributed by atoms with Crippen molar-refractivity contribution < 1.29 is 22.5 Å². The first kappa shape index (κ1) is 21.0. The fourth-order valence-corrected chi connectivity index (χ4v) is 4.79. The van der Waals surface area contributed by atoms with Gasteiger partial charge in [0.2, 0.25) is 0 Å². The first-order valence-corrected chi connectivity index (χ1v) is 10.9. The molecule has 4 heterocycles. The molecule has 1 atom stereocenters. The van der Waals surface area contributed by atoms with Crippen molar-refractivity contribution in [1.29, 1.82) is 0 Å². The molecule has 2 aliphatic rings. The highest BCUT2D eigenvalue weighted by molar-refractivity contribution is 5.94. The third kappa shape index (κ3) is 3.65. The van der Waals surface area contributed by atoms with Crippen LogP contribution in [0.3, 0.4) is 0 Å². The van der Waals surface area contributed by atoms with Gasteiger partial charge in [0.15, 0.2) is 11.3 Å². The summed E-state index contributed by atoms with van der Waals surface area (Å²) in [6.45, 7) is 4.67. The minimum Gasteiger partial charge on any atom is -0.360 e. The maximum atomic E-state index is 13.6. The van der Waals surface area contributed by atoms with Gasteiger partial charge in [-0.1, -0.05) is 12.1 Å². The lowest BCUT2D eigenvalue weighted by atomic mass is 9.87. The zero-order chi connectivity index (χ0) is 22.6. The molecule has 3 aromatic heterocycles. The molecule has 170 valence electrons. The molecule has 1 amide bonds. The lowest BCUT2D eigenvalue weighted by Crippen LogP contribution is -2.39. The summed E-state index contributed by atoms with van der Waals surface area (Å²) < 4.78 is 47.1. The Balaban J connectivity index is 1.35. The van der Waals surface area contributed by atoms with Crippen LogP contribution in [-0.2, 0) is 19.0 Å². The van der Waals surface area contributed by atoms with Crippen LogP contribution >= 0.6 is 0 Å². The fourth-order valence-electron chi connectivity index (χ4n) is 4.79. The number of likely N-dealkylation sites (tertiary alicyclic amines) is 1. The second-order valence-corrected chi connectivity index (χ2v) is 8.97. The van der Waals surface area contributed by atoms with E-state index in [4.69, 9.17) is 4.52 Å². The van der Waals surface area contributed by atoms with Crippen molar-refractivity contribution >= 4 is 11.6 Å². The van der Waals surface area contributed by atoms with Gasteiger partial charge < -0.3 is 9.42 Å². The highest BCUT2D eigenvalue weighted by Gasteiger charge is 2.37. The number of rotatable bonds is 2. The highest BCUT2D eigenvalue weighted by Crippen LogP contribution is 2.35. The molecule has 1 aliphatic carbocycles. The summed E-state index contributed by atoms with van der Waals surface area (Å²) in [5.41, 5.74) is 1.53. The molecular formula is C22H24F3N5O2. The van der Waals surface area contributed by atoms with Gasteiger partial charge in [-0.2, -0.15) is 18.3 Å². The average molecular weight is 447 g/mol. The van der Waals surface area contributed by atoms with Gasteiger partial charge in [-0.25, -0.2) is 9.50 Å². The van der Waals surface area contributed by atoms with Crippen molar-refractivity contribution in [2.45, 2.75) is 58.0 Å². The molecular weight excluding hydrogens is 423 g/mol. The Morgan fingerprint density at radius 2 is 1.94 bits per heavy atom. The number of aromatic nitrogens is 4. The van der Waals surface area contributed by atoms with E-state index in [-0.39, 0.29) is 17.5 Å². The van der Waals surface area contributed by atoms with Gasteiger partial charge in [0.05, 0.1) is 5.69 Å². The van der Waals surface area contributed by atoms with Crippen molar-refractivity contribution in [2.75, 3.05) is 13.1 Å². The third-order valence-electron chi connectivity index (χ3n) is 6.55.